The maximum atomic E-state index is 9.96. The first-order chi connectivity index (χ1) is 4.16. The smallest absolute Gasteiger partial charge is 0.136 e. The van der Waals surface area contributed by atoms with Gasteiger partial charge in [0.15, 0.2) is 0 Å². The topological polar surface area (TPSA) is 43.1 Å². The Morgan fingerprint density at radius 3 is 2.56 bits per heavy atom. The number of hydrogen-bond donors (Lipinski definition) is 1. The second-order valence-electron chi connectivity index (χ2n) is 2.32. The lowest BCUT2D eigenvalue weighted by Crippen LogP contribution is -2.19. The Bertz CT molecular complexity index is 114. The van der Waals surface area contributed by atoms with Crippen LogP contribution in [-0.4, -0.2) is 12.3 Å². The summed E-state index contributed by atoms with van der Waals surface area (Å²) < 4.78 is 0. The molecule has 0 aliphatic rings. The highest BCUT2D eigenvalue weighted by Crippen LogP contribution is 1.93. The number of carbonyl (C=O) groups excluding carboxylic acids is 1. The Hall–Kier alpha value is -0.630. The summed E-state index contributed by atoms with van der Waals surface area (Å²) in [5.74, 6) is 0. The van der Waals surface area contributed by atoms with E-state index in [0.717, 1.165) is 6.29 Å². The van der Waals surface area contributed by atoms with Gasteiger partial charge in [-0.1, -0.05) is 11.6 Å². The van der Waals surface area contributed by atoms with E-state index >= 15 is 0 Å². The molecule has 0 amide bonds. The average molecular weight is 127 g/mol. The molecule has 0 radical (unpaired) electrons. The number of aldehydes is 1. The molecule has 0 heterocycles. The van der Waals surface area contributed by atoms with Crippen molar-refractivity contribution in [3.63, 3.8) is 0 Å². The highest BCUT2D eigenvalue weighted by atomic mass is 16.1. The van der Waals surface area contributed by atoms with E-state index < -0.39 is 0 Å². The van der Waals surface area contributed by atoms with E-state index in [9.17, 15) is 4.79 Å². The standard InChI is InChI=1S/C7H13NO/c1-6(2)3-4-7(8)5-9/h3,5,7H,4,8H2,1-2H3/t7-/m0/s1. The molecule has 9 heavy (non-hydrogen) atoms. The number of allylic oxidation sites excluding steroid dienone is 1. The molecule has 0 bridgehead atoms. The van der Waals surface area contributed by atoms with Crippen LogP contribution in [0.15, 0.2) is 11.6 Å². The molecule has 0 aromatic rings. The van der Waals surface area contributed by atoms with Crippen LogP contribution in [0.4, 0.5) is 0 Å². The van der Waals surface area contributed by atoms with E-state index in [1.54, 1.807) is 0 Å². The van der Waals surface area contributed by atoms with Crippen LogP contribution in [-0.2, 0) is 4.79 Å². The molecule has 0 unspecified atom stereocenters. The summed E-state index contributed by atoms with van der Waals surface area (Å²) in [5.41, 5.74) is 6.51. The third kappa shape index (κ3) is 5.24. The molecule has 0 aliphatic carbocycles. The predicted molar refractivity (Wildman–Crippen MR) is 38.1 cm³/mol. The fraction of sp³-hybridized carbons (Fsp3) is 0.571. The van der Waals surface area contributed by atoms with E-state index in [2.05, 4.69) is 0 Å². The number of nitrogens with two attached hydrogens (primary N) is 1. The third-order valence-electron chi connectivity index (χ3n) is 0.973. The maximum absolute atomic E-state index is 9.96. The number of hydrogen-bond acceptors (Lipinski definition) is 2. The molecule has 0 fully saturated rings. The average Bonchev–Trinajstić information content (AvgIpc) is 1.83. The van der Waals surface area contributed by atoms with Gasteiger partial charge in [-0.15, -0.1) is 0 Å². The van der Waals surface area contributed by atoms with Gasteiger partial charge >= 0.3 is 0 Å². The van der Waals surface area contributed by atoms with Crippen LogP contribution in [0.25, 0.3) is 0 Å². The van der Waals surface area contributed by atoms with Crippen LogP contribution in [0, 0.1) is 0 Å². The molecule has 0 aliphatic heterocycles. The van der Waals surface area contributed by atoms with E-state index in [0.29, 0.717) is 6.42 Å². The van der Waals surface area contributed by atoms with Crippen molar-refractivity contribution in [3.05, 3.63) is 11.6 Å². The van der Waals surface area contributed by atoms with Gasteiger partial charge in [-0.2, -0.15) is 0 Å². The first kappa shape index (κ1) is 8.37. The van der Waals surface area contributed by atoms with E-state index in [1.807, 2.05) is 19.9 Å². The number of carbonyl (C=O) groups is 1. The van der Waals surface area contributed by atoms with Crippen molar-refractivity contribution in [1.29, 1.82) is 0 Å². The molecule has 0 aromatic carbocycles. The lowest BCUT2D eigenvalue weighted by molar-refractivity contribution is -0.108. The van der Waals surface area contributed by atoms with Gasteiger partial charge in [0.1, 0.15) is 6.29 Å². The van der Waals surface area contributed by atoms with Crippen LogP contribution in [0.3, 0.4) is 0 Å². The summed E-state index contributed by atoms with van der Waals surface area (Å²) in [7, 11) is 0. The van der Waals surface area contributed by atoms with Gasteiger partial charge in [0.2, 0.25) is 0 Å². The van der Waals surface area contributed by atoms with Crippen molar-refractivity contribution in [1.82, 2.24) is 0 Å². The fourth-order valence-corrected chi connectivity index (χ4v) is 0.427. The van der Waals surface area contributed by atoms with Crippen LogP contribution < -0.4 is 5.73 Å². The van der Waals surface area contributed by atoms with Crippen molar-refractivity contribution in [3.8, 4) is 0 Å². The summed E-state index contributed by atoms with van der Waals surface area (Å²) >= 11 is 0. The van der Waals surface area contributed by atoms with Crippen LogP contribution in [0.5, 0.6) is 0 Å². The summed E-state index contributed by atoms with van der Waals surface area (Å²) in [6.07, 6.45) is 3.38. The SMILES string of the molecule is CC(C)=CC[C@H](N)C=O. The quantitative estimate of drug-likeness (QED) is 0.451. The second-order valence-corrected chi connectivity index (χ2v) is 2.32. The Labute approximate surface area is 55.7 Å². The summed E-state index contributed by atoms with van der Waals surface area (Å²) in [4.78, 5) is 9.96. The third-order valence-corrected chi connectivity index (χ3v) is 0.973. The molecule has 0 saturated carbocycles. The van der Waals surface area contributed by atoms with E-state index in [1.165, 1.54) is 5.57 Å². The minimum absolute atomic E-state index is 0.320. The van der Waals surface area contributed by atoms with Gasteiger partial charge in [0, 0.05) is 0 Å². The lowest BCUT2D eigenvalue weighted by Gasteiger charge is -1.96. The van der Waals surface area contributed by atoms with Gasteiger partial charge in [0.05, 0.1) is 6.04 Å². The van der Waals surface area contributed by atoms with Crippen molar-refractivity contribution in [2.24, 2.45) is 5.73 Å². The van der Waals surface area contributed by atoms with Crippen molar-refractivity contribution in [2.45, 2.75) is 26.3 Å². The van der Waals surface area contributed by atoms with Crippen molar-refractivity contribution >= 4 is 6.29 Å². The number of rotatable bonds is 3. The molecule has 2 nitrogen and oxygen atoms in total. The monoisotopic (exact) mass is 127 g/mol. The second kappa shape index (κ2) is 4.27. The van der Waals surface area contributed by atoms with Crippen LogP contribution in [0.1, 0.15) is 20.3 Å². The highest BCUT2D eigenvalue weighted by Gasteiger charge is 1.93. The molecule has 0 rings (SSSR count). The minimum atomic E-state index is -0.320. The Morgan fingerprint density at radius 1 is 1.67 bits per heavy atom. The lowest BCUT2D eigenvalue weighted by atomic mass is 10.2. The molecule has 2 N–H and O–H groups in total. The minimum Gasteiger partial charge on any atom is -0.321 e. The molecule has 1 atom stereocenters. The van der Waals surface area contributed by atoms with Gasteiger partial charge in [-0.25, -0.2) is 0 Å². The molecule has 2 heteroatoms. The molecular weight excluding hydrogens is 114 g/mol. The van der Waals surface area contributed by atoms with Gasteiger partial charge in [-0.3, -0.25) is 0 Å². The maximum Gasteiger partial charge on any atom is 0.136 e. The van der Waals surface area contributed by atoms with Gasteiger partial charge in [-0.05, 0) is 20.3 Å². The largest absolute Gasteiger partial charge is 0.321 e. The Kier molecular flexibility index (Phi) is 3.97. The zero-order valence-corrected chi connectivity index (χ0v) is 5.92. The van der Waals surface area contributed by atoms with Gasteiger partial charge < -0.3 is 10.5 Å². The van der Waals surface area contributed by atoms with Crippen LogP contribution >= 0.6 is 0 Å². The van der Waals surface area contributed by atoms with Crippen molar-refractivity contribution < 1.29 is 4.79 Å². The van der Waals surface area contributed by atoms with Crippen molar-refractivity contribution in [2.75, 3.05) is 0 Å². The zero-order chi connectivity index (χ0) is 7.28. The Morgan fingerprint density at radius 2 is 2.22 bits per heavy atom. The Balaban J connectivity index is 3.49. The van der Waals surface area contributed by atoms with Crippen LogP contribution in [0.2, 0.25) is 0 Å². The first-order valence-corrected chi connectivity index (χ1v) is 3.01. The summed E-state index contributed by atoms with van der Waals surface area (Å²) in [6.45, 7) is 3.97. The molecule has 0 saturated heterocycles. The first-order valence-electron chi connectivity index (χ1n) is 3.01. The fourth-order valence-electron chi connectivity index (χ4n) is 0.427. The molecule has 0 aromatic heterocycles. The predicted octanol–water partition coefficient (Wildman–Crippen LogP) is 0.869. The molecular formula is C7H13NO. The molecule has 52 valence electrons. The summed E-state index contributed by atoms with van der Waals surface area (Å²) in [5, 5.41) is 0. The van der Waals surface area contributed by atoms with E-state index in [-0.39, 0.29) is 6.04 Å². The van der Waals surface area contributed by atoms with Gasteiger partial charge in [0.25, 0.3) is 0 Å². The summed E-state index contributed by atoms with van der Waals surface area (Å²) in [6, 6.07) is -0.320. The zero-order valence-electron chi connectivity index (χ0n) is 5.92. The highest BCUT2D eigenvalue weighted by molar-refractivity contribution is 5.57. The van der Waals surface area contributed by atoms with E-state index in [4.69, 9.17) is 5.73 Å². The normalized spacial score (nSPS) is 12.3. The molecule has 0 spiro atoms.